The molecule has 1 saturated heterocycles. The van der Waals surface area contributed by atoms with E-state index in [1.807, 2.05) is 43.0 Å². The number of benzene rings is 1. The molecule has 0 radical (unpaired) electrons. The molecule has 1 N–H and O–H groups in total. The minimum atomic E-state index is 0.00410. The molecule has 110 valence electrons. The van der Waals surface area contributed by atoms with Crippen molar-refractivity contribution in [2.45, 2.75) is 45.6 Å². The minimum absolute atomic E-state index is 0.00410. The first-order chi connectivity index (χ1) is 9.65. The Morgan fingerprint density at radius 3 is 2.25 bits per heavy atom. The van der Waals surface area contributed by atoms with Crippen LogP contribution in [-0.2, 0) is 0 Å². The van der Waals surface area contributed by atoms with Gasteiger partial charge in [-0.3, -0.25) is 0 Å². The minimum Gasteiger partial charge on any atom is -0.491 e. The molecular weight excluding hydrogens is 252 g/mol. The van der Waals surface area contributed by atoms with E-state index in [0.29, 0.717) is 0 Å². The Morgan fingerprint density at radius 2 is 1.70 bits per heavy atom. The molecular formula is C16H24N2O2. The molecule has 0 atom stereocenters. The molecule has 1 fully saturated rings. The molecule has 0 unspecified atom stereocenters. The van der Waals surface area contributed by atoms with Crippen molar-refractivity contribution in [1.82, 2.24) is 4.90 Å². The smallest absolute Gasteiger partial charge is 0.321 e. The summed E-state index contributed by atoms with van der Waals surface area (Å²) in [5, 5.41) is 2.95. The predicted molar refractivity (Wildman–Crippen MR) is 81.3 cm³/mol. The van der Waals surface area contributed by atoms with Gasteiger partial charge in [-0.05, 0) is 51.0 Å². The lowest BCUT2D eigenvalue weighted by atomic mass is 10.2. The molecule has 2 rings (SSSR count). The van der Waals surface area contributed by atoms with E-state index in [9.17, 15) is 4.79 Å². The van der Waals surface area contributed by atoms with E-state index in [1.165, 1.54) is 12.8 Å². The highest BCUT2D eigenvalue weighted by Crippen LogP contribution is 2.18. The SMILES string of the molecule is CC(C)Oc1ccc(NC(=O)N2CCCCCC2)cc1. The first-order valence-electron chi connectivity index (χ1n) is 7.48. The van der Waals surface area contributed by atoms with Gasteiger partial charge in [0.2, 0.25) is 0 Å². The molecule has 1 aromatic carbocycles. The molecule has 4 heteroatoms. The number of ether oxygens (including phenoxy) is 1. The van der Waals surface area contributed by atoms with E-state index in [4.69, 9.17) is 4.74 Å². The normalized spacial score (nSPS) is 15.8. The lowest BCUT2D eigenvalue weighted by molar-refractivity contribution is 0.213. The van der Waals surface area contributed by atoms with E-state index in [0.717, 1.165) is 37.4 Å². The van der Waals surface area contributed by atoms with Crippen LogP contribution in [0.4, 0.5) is 10.5 Å². The van der Waals surface area contributed by atoms with Crippen LogP contribution >= 0.6 is 0 Å². The third-order valence-corrected chi connectivity index (χ3v) is 3.37. The molecule has 2 amide bonds. The molecule has 0 spiro atoms. The summed E-state index contributed by atoms with van der Waals surface area (Å²) in [6, 6.07) is 7.54. The van der Waals surface area contributed by atoms with E-state index in [-0.39, 0.29) is 12.1 Å². The Balaban J connectivity index is 1.90. The first kappa shape index (κ1) is 14.7. The summed E-state index contributed by atoms with van der Waals surface area (Å²) in [6.45, 7) is 5.71. The van der Waals surface area contributed by atoms with Gasteiger partial charge < -0.3 is 15.0 Å². The number of anilines is 1. The number of nitrogens with one attached hydrogen (secondary N) is 1. The van der Waals surface area contributed by atoms with Crippen molar-refractivity contribution in [2.24, 2.45) is 0 Å². The number of rotatable bonds is 3. The average Bonchev–Trinajstić information content (AvgIpc) is 2.69. The van der Waals surface area contributed by atoms with Crippen LogP contribution in [-0.4, -0.2) is 30.1 Å². The van der Waals surface area contributed by atoms with Crippen LogP contribution in [0.15, 0.2) is 24.3 Å². The van der Waals surface area contributed by atoms with E-state index < -0.39 is 0 Å². The van der Waals surface area contributed by atoms with Crippen LogP contribution in [0.25, 0.3) is 0 Å². The topological polar surface area (TPSA) is 41.6 Å². The summed E-state index contributed by atoms with van der Waals surface area (Å²) in [7, 11) is 0. The zero-order chi connectivity index (χ0) is 14.4. The molecule has 1 aliphatic rings. The lowest BCUT2D eigenvalue weighted by Gasteiger charge is -2.20. The van der Waals surface area contributed by atoms with E-state index in [1.54, 1.807) is 0 Å². The Bertz CT molecular complexity index is 421. The van der Waals surface area contributed by atoms with Crippen molar-refractivity contribution < 1.29 is 9.53 Å². The van der Waals surface area contributed by atoms with E-state index >= 15 is 0 Å². The van der Waals surface area contributed by atoms with Gasteiger partial charge in [0.25, 0.3) is 0 Å². The second kappa shape index (κ2) is 7.17. The van der Waals surface area contributed by atoms with Gasteiger partial charge in [-0.15, -0.1) is 0 Å². The number of amides is 2. The summed E-state index contributed by atoms with van der Waals surface area (Å²) in [5.41, 5.74) is 0.815. The third-order valence-electron chi connectivity index (χ3n) is 3.37. The second-order valence-corrected chi connectivity index (χ2v) is 5.52. The zero-order valence-corrected chi connectivity index (χ0v) is 12.4. The summed E-state index contributed by atoms with van der Waals surface area (Å²) in [4.78, 5) is 14.1. The monoisotopic (exact) mass is 276 g/mol. The molecule has 4 nitrogen and oxygen atoms in total. The van der Waals surface area contributed by atoms with E-state index in [2.05, 4.69) is 5.32 Å². The fourth-order valence-electron chi connectivity index (χ4n) is 2.37. The first-order valence-corrected chi connectivity index (χ1v) is 7.48. The van der Waals surface area contributed by atoms with Gasteiger partial charge in [0.1, 0.15) is 5.75 Å². The summed E-state index contributed by atoms with van der Waals surface area (Å²) in [6.07, 6.45) is 4.83. The summed E-state index contributed by atoms with van der Waals surface area (Å²) >= 11 is 0. The summed E-state index contributed by atoms with van der Waals surface area (Å²) < 4.78 is 5.58. The van der Waals surface area contributed by atoms with Crippen molar-refractivity contribution >= 4 is 11.7 Å². The second-order valence-electron chi connectivity index (χ2n) is 5.52. The predicted octanol–water partition coefficient (Wildman–Crippen LogP) is 3.88. The van der Waals surface area contributed by atoms with Crippen LogP contribution in [0.1, 0.15) is 39.5 Å². The fraction of sp³-hybridized carbons (Fsp3) is 0.562. The quantitative estimate of drug-likeness (QED) is 0.910. The standard InChI is InChI=1S/C16H24N2O2/c1-13(2)20-15-9-7-14(8-10-15)17-16(19)18-11-5-3-4-6-12-18/h7-10,13H,3-6,11-12H2,1-2H3,(H,17,19). The molecule has 0 saturated carbocycles. The Labute approximate surface area is 121 Å². The van der Waals surface area contributed by atoms with Crippen molar-refractivity contribution in [3.8, 4) is 5.75 Å². The van der Waals surface area contributed by atoms with Crippen LogP contribution in [0.3, 0.4) is 0 Å². The number of hydrogen-bond acceptors (Lipinski definition) is 2. The van der Waals surface area contributed by atoms with Gasteiger partial charge >= 0.3 is 6.03 Å². The number of urea groups is 1. The number of carbonyl (C=O) groups is 1. The van der Waals surface area contributed by atoms with Crippen LogP contribution in [0.2, 0.25) is 0 Å². The number of nitrogens with zero attached hydrogens (tertiary/aromatic N) is 1. The highest BCUT2D eigenvalue weighted by atomic mass is 16.5. The molecule has 0 aromatic heterocycles. The fourth-order valence-corrected chi connectivity index (χ4v) is 2.37. The van der Waals surface area contributed by atoms with Crippen LogP contribution in [0.5, 0.6) is 5.75 Å². The van der Waals surface area contributed by atoms with Gasteiger partial charge in [-0.1, -0.05) is 12.8 Å². The van der Waals surface area contributed by atoms with Gasteiger partial charge in [0, 0.05) is 18.8 Å². The largest absolute Gasteiger partial charge is 0.491 e. The van der Waals surface area contributed by atoms with Gasteiger partial charge in [-0.2, -0.15) is 0 Å². The van der Waals surface area contributed by atoms with Gasteiger partial charge in [-0.25, -0.2) is 4.79 Å². The molecule has 20 heavy (non-hydrogen) atoms. The highest BCUT2D eigenvalue weighted by molar-refractivity contribution is 5.89. The van der Waals surface area contributed by atoms with Crippen LogP contribution in [0, 0.1) is 0 Å². The van der Waals surface area contributed by atoms with Crippen molar-refractivity contribution in [3.05, 3.63) is 24.3 Å². The highest BCUT2D eigenvalue weighted by Gasteiger charge is 2.15. The molecule has 1 heterocycles. The maximum atomic E-state index is 12.2. The molecule has 0 bridgehead atoms. The Hall–Kier alpha value is -1.71. The van der Waals surface area contributed by atoms with Crippen molar-refractivity contribution in [2.75, 3.05) is 18.4 Å². The number of likely N-dealkylation sites (tertiary alicyclic amines) is 1. The summed E-state index contributed by atoms with van der Waals surface area (Å²) in [5.74, 6) is 0.827. The maximum absolute atomic E-state index is 12.2. The average molecular weight is 276 g/mol. The van der Waals surface area contributed by atoms with Gasteiger partial charge in [0.15, 0.2) is 0 Å². The zero-order valence-electron chi connectivity index (χ0n) is 12.4. The third kappa shape index (κ3) is 4.44. The van der Waals surface area contributed by atoms with Crippen molar-refractivity contribution in [1.29, 1.82) is 0 Å². The molecule has 1 aliphatic heterocycles. The molecule has 1 aromatic rings. The Kier molecular flexibility index (Phi) is 5.27. The number of hydrogen-bond donors (Lipinski definition) is 1. The Morgan fingerprint density at radius 1 is 1.10 bits per heavy atom. The maximum Gasteiger partial charge on any atom is 0.321 e. The van der Waals surface area contributed by atoms with Gasteiger partial charge in [0.05, 0.1) is 6.10 Å². The molecule has 0 aliphatic carbocycles. The van der Waals surface area contributed by atoms with Crippen molar-refractivity contribution in [3.63, 3.8) is 0 Å². The number of carbonyl (C=O) groups excluding carboxylic acids is 1. The van der Waals surface area contributed by atoms with Crippen LogP contribution < -0.4 is 10.1 Å². The lowest BCUT2D eigenvalue weighted by Crippen LogP contribution is -2.35.